The van der Waals surface area contributed by atoms with Crippen LogP contribution in [0.2, 0.25) is 0 Å². The molecule has 33 heavy (non-hydrogen) atoms. The molecule has 2 heterocycles. The Morgan fingerprint density at radius 3 is 2.39 bits per heavy atom. The van der Waals surface area contributed by atoms with Crippen LogP contribution in [-0.2, 0) is 0 Å². The second kappa shape index (κ2) is 10.0. The first-order valence-corrected chi connectivity index (χ1v) is 11.0. The number of benzene rings is 2. The van der Waals surface area contributed by atoms with Crippen molar-refractivity contribution >= 4 is 11.0 Å². The maximum Gasteiger partial charge on any atom is 0.204 e. The lowest BCUT2D eigenvalue weighted by Crippen LogP contribution is -2.33. The van der Waals surface area contributed by atoms with E-state index in [9.17, 15) is 9.90 Å². The van der Waals surface area contributed by atoms with Crippen molar-refractivity contribution in [1.29, 1.82) is 0 Å². The van der Waals surface area contributed by atoms with Crippen molar-refractivity contribution in [3.63, 3.8) is 0 Å². The molecule has 1 aliphatic rings. The first-order valence-electron chi connectivity index (χ1n) is 11.0. The summed E-state index contributed by atoms with van der Waals surface area (Å²) in [7, 11) is 4.52. The van der Waals surface area contributed by atoms with Crippen LogP contribution in [0, 0.1) is 0 Å². The first kappa shape index (κ1) is 22.8. The average molecular weight is 456 g/mol. The molecule has 0 radical (unpaired) electrons. The number of hydrogen-bond donors (Lipinski definition) is 1. The molecule has 0 unspecified atom stereocenters. The SMILES string of the molecule is COc1ccc(-c2cc(=O)c3c(O)c(OC)c(OCCN4CCCCC4)cc3o2)cc1OC. The molecule has 8 heteroatoms. The fourth-order valence-electron chi connectivity index (χ4n) is 4.17. The van der Waals surface area contributed by atoms with E-state index < -0.39 is 5.43 Å². The zero-order valence-corrected chi connectivity index (χ0v) is 19.2. The van der Waals surface area contributed by atoms with E-state index in [0.29, 0.717) is 35.2 Å². The number of methoxy groups -OCH3 is 3. The van der Waals surface area contributed by atoms with E-state index in [1.54, 1.807) is 31.4 Å². The summed E-state index contributed by atoms with van der Waals surface area (Å²) in [6, 6.07) is 8.15. The largest absolute Gasteiger partial charge is 0.504 e. The van der Waals surface area contributed by atoms with Crippen molar-refractivity contribution in [1.82, 2.24) is 4.90 Å². The number of nitrogens with zero attached hydrogens (tertiary/aromatic N) is 1. The number of ether oxygens (including phenoxy) is 4. The van der Waals surface area contributed by atoms with Crippen LogP contribution in [0.4, 0.5) is 0 Å². The molecule has 8 nitrogen and oxygen atoms in total. The number of phenolic OH excluding ortho intramolecular Hbond substituents is 1. The molecule has 0 bridgehead atoms. The van der Waals surface area contributed by atoms with Crippen molar-refractivity contribution in [3.8, 4) is 40.1 Å². The van der Waals surface area contributed by atoms with Gasteiger partial charge in [-0.3, -0.25) is 9.69 Å². The molecule has 1 saturated heterocycles. The van der Waals surface area contributed by atoms with E-state index >= 15 is 0 Å². The topological polar surface area (TPSA) is 90.6 Å². The Balaban J connectivity index is 1.69. The molecule has 1 N–H and O–H groups in total. The van der Waals surface area contributed by atoms with Gasteiger partial charge in [-0.15, -0.1) is 0 Å². The van der Waals surface area contributed by atoms with Crippen LogP contribution in [0.3, 0.4) is 0 Å². The summed E-state index contributed by atoms with van der Waals surface area (Å²) in [4.78, 5) is 15.2. The Hall–Kier alpha value is -3.39. The monoisotopic (exact) mass is 455 g/mol. The Morgan fingerprint density at radius 1 is 0.939 bits per heavy atom. The van der Waals surface area contributed by atoms with Crippen molar-refractivity contribution in [2.24, 2.45) is 0 Å². The van der Waals surface area contributed by atoms with Crippen molar-refractivity contribution in [2.75, 3.05) is 47.6 Å². The molecule has 2 aromatic carbocycles. The molecular formula is C25H29NO7. The molecule has 1 aromatic heterocycles. The van der Waals surface area contributed by atoms with Crippen molar-refractivity contribution in [3.05, 3.63) is 40.6 Å². The van der Waals surface area contributed by atoms with Gasteiger partial charge in [-0.05, 0) is 44.1 Å². The van der Waals surface area contributed by atoms with Crippen LogP contribution in [0.15, 0.2) is 39.5 Å². The minimum Gasteiger partial charge on any atom is -0.504 e. The fourth-order valence-corrected chi connectivity index (χ4v) is 4.17. The normalized spacial score (nSPS) is 14.3. The van der Waals surface area contributed by atoms with Gasteiger partial charge in [-0.25, -0.2) is 0 Å². The highest BCUT2D eigenvalue weighted by atomic mass is 16.5. The lowest BCUT2D eigenvalue weighted by atomic mass is 10.1. The fraction of sp³-hybridized carbons (Fsp3) is 0.400. The number of fused-ring (bicyclic) bond motifs is 1. The molecule has 0 atom stereocenters. The second-order valence-corrected chi connectivity index (χ2v) is 7.93. The number of rotatable bonds is 8. The maximum absolute atomic E-state index is 12.9. The predicted octanol–water partition coefficient (Wildman–Crippen LogP) is 4.06. The zero-order chi connectivity index (χ0) is 23.4. The summed E-state index contributed by atoms with van der Waals surface area (Å²) in [5.41, 5.74) is 0.449. The minimum atomic E-state index is -0.392. The molecule has 3 aromatic rings. The standard InChI is InChI=1S/C25H29NO7/c1-29-18-8-7-16(13-20(18)30-2)19-14-17(27)23-21(33-19)15-22(25(31-3)24(23)28)32-12-11-26-9-5-4-6-10-26/h7-8,13-15,28H,4-6,9-12H2,1-3H3. The molecule has 176 valence electrons. The third-order valence-electron chi connectivity index (χ3n) is 5.90. The predicted molar refractivity (Wildman–Crippen MR) is 125 cm³/mol. The number of aromatic hydroxyl groups is 1. The van der Waals surface area contributed by atoms with Gasteiger partial charge in [-0.1, -0.05) is 6.42 Å². The lowest BCUT2D eigenvalue weighted by molar-refractivity contribution is 0.180. The first-order chi connectivity index (χ1) is 16.0. The summed E-state index contributed by atoms with van der Waals surface area (Å²) in [6.45, 7) is 3.33. The molecular weight excluding hydrogens is 426 g/mol. The highest BCUT2D eigenvalue weighted by molar-refractivity contribution is 5.89. The highest BCUT2D eigenvalue weighted by Gasteiger charge is 2.21. The van der Waals surface area contributed by atoms with Gasteiger partial charge in [0.25, 0.3) is 0 Å². The van der Waals surface area contributed by atoms with Gasteiger partial charge in [0, 0.05) is 24.2 Å². The summed E-state index contributed by atoms with van der Waals surface area (Å²) in [5.74, 6) is 1.56. The van der Waals surface area contributed by atoms with Crippen LogP contribution in [0.25, 0.3) is 22.3 Å². The van der Waals surface area contributed by atoms with Gasteiger partial charge in [0.2, 0.25) is 5.75 Å². The van der Waals surface area contributed by atoms with Gasteiger partial charge in [0.15, 0.2) is 28.4 Å². The number of likely N-dealkylation sites (tertiary alicyclic amines) is 1. The van der Waals surface area contributed by atoms with E-state index in [2.05, 4.69) is 4.90 Å². The van der Waals surface area contributed by atoms with Gasteiger partial charge in [0.05, 0.1) is 21.3 Å². The van der Waals surface area contributed by atoms with Crippen LogP contribution in [0.5, 0.6) is 28.7 Å². The van der Waals surface area contributed by atoms with Crippen LogP contribution < -0.4 is 24.4 Å². The lowest BCUT2D eigenvalue weighted by Gasteiger charge is -2.26. The molecule has 0 saturated carbocycles. The van der Waals surface area contributed by atoms with Crippen molar-refractivity contribution < 1.29 is 28.5 Å². The Bertz CT molecular complexity index is 1180. The van der Waals surface area contributed by atoms with E-state index in [0.717, 1.165) is 19.6 Å². The third-order valence-corrected chi connectivity index (χ3v) is 5.90. The molecule has 0 spiro atoms. The van der Waals surface area contributed by atoms with Crippen LogP contribution in [-0.4, -0.2) is 57.6 Å². The quantitative estimate of drug-likeness (QED) is 0.544. The Kier molecular flexibility index (Phi) is 6.93. The molecule has 0 amide bonds. The van der Waals surface area contributed by atoms with Crippen molar-refractivity contribution in [2.45, 2.75) is 19.3 Å². The number of piperidine rings is 1. The third kappa shape index (κ3) is 4.71. The summed E-state index contributed by atoms with van der Waals surface area (Å²) in [5, 5.41) is 10.8. The summed E-state index contributed by atoms with van der Waals surface area (Å²) in [6.07, 6.45) is 3.67. The van der Waals surface area contributed by atoms with Gasteiger partial charge >= 0.3 is 0 Å². The van der Waals surface area contributed by atoms with Gasteiger partial charge < -0.3 is 28.5 Å². The molecule has 1 aliphatic heterocycles. The second-order valence-electron chi connectivity index (χ2n) is 7.93. The van der Waals surface area contributed by atoms with E-state index in [1.807, 2.05) is 0 Å². The maximum atomic E-state index is 12.9. The summed E-state index contributed by atoms with van der Waals surface area (Å²) < 4.78 is 27.9. The Morgan fingerprint density at radius 2 is 1.70 bits per heavy atom. The number of phenols is 1. The molecule has 4 rings (SSSR count). The minimum absolute atomic E-state index is 0.0412. The van der Waals surface area contributed by atoms with E-state index in [4.69, 9.17) is 23.4 Å². The molecule has 1 fully saturated rings. The zero-order valence-electron chi connectivity index (χ0n) is 19.2. The van der Waals surface area contributed by atoms with Gasteiger partial charge in [0.1, 0.15) is 23.3 Å². The number of hydrogen-bond acceptors (Lipinski definition) is 8. The van der Waals surface area contributed by atoms with Crippen LogP contribution >= 0.6 is 0 Å². The Labute approximate surface area is 192 Å². The summed E-state index contributed by atoms with van der Waals surface area (Å²) >= 11 is 0. The molecule has 0 aliphatic carbocycles. The van der Waals surface area contributed by atoms with E-state index in [-0.39, 0.29) is 22.5 Å². The van der Waals surface area contributed by atoms with Gasteiger partial charge in [-0.2, -0.15) is 0 Å². The average Bonchev–Trinajstić information content (AvgIpc) is 2.84. The highest BCUT2D eigenvalue weighted by Crippen LogP contribution is 2.42. The van der Waals surface area contributed by atoms with E-state index in [1.165, 1.54) is 39.5 Å². The smallest absolute Gasteiger partial charge is 0.204 e. The van der Waals surface area contributed by atoms with Crippen LogP contribution in [0.1, 0.15) is 19.3 Å².